The number of nitrogens with one attached hydrogen (secondary N) is 1. The lowest BCUT2D eigenvalue weighted by Crippen LogP contribution is -2.36. The van der Waals surface area contributed by atoms with Gasteiger partial charge in [-0.2, -0.15) is 0 Å². The van der Waals surface area contributed by atoms with Gasteiger partial charge in [0, 0.05) is 18.6 Å². The number of halogens is 3. The van der Waals surface area contributed by atoms with E-state index in [1.165, 1.54) is 0 Å². The van der Waals surface area contributed by atoms with Gasteiger partial charge in [0.15, 0.2) is 17.5 Å². The number of rotatable bonds is 4. The molecule has 6 heteroatoms. The molecule has 0 aliphatic heterocycles. The summed E-state index contributed by atoms with van der Waals surface area (Å²) in [5.41, 5.74) is -1.15. The molecule has 0 aliphatic rings. The van der Waals surface area contributed by atoms with Gasteiger partial charge in [0.1, 0.15) is 0 Å². The Hall–Kier alpha value is -1.56. The van der Waals surface area contributed by atoms with Gasteiger partial charge in [-0.1, -0.05) is 13.8 Å². The van der Waals surface area contributed by atoms with E-state index in [9.17, 15) is 18.0 Å². The third-order valence-electron chi connectivity index (χ3n) is 2.44. The smallest absolute Gasteiger partial charge is 0.254 e. The standard InChI is InChI=1S/C12H14F3NO2/c1-12(2,6-17)5-16-11(18)7-3-4-8(13)10(15)9(7)14/h3-4,17H,5-6H2,1-2H3,(H,16,18). The first-order valence-electron chi connectivity index (χ1n) is 5.31. The van der Waals surface area contributed by atoms with Crippen molar-refractivity contribution in [1.82, 2.24) is 5.32 Å². The molecule has 3 nitrogen and oxygen atoms in total. The Kier molecular flexibility index (Phi) is 4.34. The third kappa shape index (κ3) is 3.22. The summed E-state index contributed by atoms with van der Waals surface area (Å²) in [6, 6.07) is 1.56. The highest BCUT2D eigenvalue weighted by molar-refractivity contribution is 5.94. The summed E-state index contributed by atoms with van der Waals surface area (Å²) >= 11 is 0. The van der Waals surface area contributed by atoms with Gasteiger partial charge in [-0.25, -0.2) is 13.2 Å². The lowest BCUT2D eigenvalue weighted by molar-refractivity contribution is 0.0906. The van der Waals surface area contributed by atoms with Crippen LogP contribution < -0.4 is 5.32 Å². The van der Waals surface area contributed by atoms with Crippen LogP contribution in [0.1, 0.15) is 24.2 Å². The SMILES string of the molecule is CC(C)(CO)CNC(=O)c1ccc(F)c(F)c1F. The molecule has 100 valence electrons. The Labute approximate surface area is 103 Å². The first-order valence-corrected chi connectivity index (χ1v) is 5.31. The summed E-state index contributed by atoms with van der Waals surface area (Å²) in [6.45, 7) is 3.29. The zero-order valence-corrected chi connectivity index (χ0v) is 10.1. The number of carbonyl (C=O) groups is 1. The maximum absolute atomic E-state index is 13.3. The number of hydrogen-bond donors (Lipinski definition) is 2. The van der Waals surface area contributed by atoms with Crippen LogP contribution in [0.5, 0.6) is 0 Å². The molecular formula is C12H14F3NO2. The van der Waals surface area contributed by atoms with E-state index in [-0.39, 0.29) is 13.2 Å². The predicted molar refractivity (Wildman–Crippen MR) is 59.5 cm³/mol. The van der Waals surface area contributed by atoms with E-state index >= 15 is 0 Å². The van der Waals surface area contributed by atoms with Crippen LogP contribution in [0.3, 0.4) is 0 Å². The lowest BCUT2D eigenvalue weighted by Gasteiger charge is -2.21. The average molecular weight is 261 g/mol. The van der Waals surface area contributed by atoms with Crippen molar-refractivity contribution < 1.29 is 23.1 Å². The second kappa shape index (κ2) is 5.39. The van der Waals surface area contributed by atoms with E-state index < -0.39 is 34.3 Å². The highest BCUT2D eigenvalue weighted by Crippen LogP contribution is 2.16. The summed E-state index contributed by atoms with van der Waals surface area (Å²) in [4.78, 5) is 11.6. The minimum atomic E-state index is -1.68. The first-order chi connectivity index (χ1) is 8.28. The zero-order valence-electron chi connectivity index (χ0n) is 10.1. The van der Waals surface area contributed by atoms with Crippen LogP contribution in [0.4, 0.5) is 13.2 Å². The molecule has 0 fully saturated rings. The molecule has 1 aromatic rings. The van der Waals surface area contributed by atoms with Crippen molar-refractivity contribution in [2.24, 2.45) is 5.41 Å². The van der Waals surface area contributed by atoms with Crippen molar-refractivity contribution in [2.75, 3.05) is 13.2 Å². The van der Waals surface area contributed by atoms with Crippen molar-refractivity contribution in [3.8, 4) is 0 Å². The molecule has 0 bridgehead atoms. The minimum Gasteiger partial charge on any atom is -0.396 e. The molecule has 18 heavy (non-hydrogen) atoms. The van der Waals surface area contributed by atoms with Crippen molar-refractivity contribution in [2.45, 2.75) is 13.8 Å². The Balaban J connectivity index is 2.83. The molecule has 0 spiro atoms. The Morgan fingerprint density at radius 2 is 1.89 bits per heavy atom. The molecule has 0 heterocycles. The molecule has 1 amide bonds. The van der Waals surface area contributed by atoms with Gasteiger partial charge in [0.05, 0.1) is 5.56 Å². The molecule has 0 atom stereocenters. The normalized spacial score (nSPS) is 11.4. The highest BCUT2D eigenvalue weighted by atomic mass is 19.2. The molecule has 1 rings (SSSR count). The highest BCUT2D eigenvalue weighted by Gasteiger charge is 2.21. The fourth-order valence-corrected chi connectivity index (χ4v) is 1.17. The van der Waals surface area contributed by atoms with Gasteiger partial charge >= 0.3 is 0 Å². The molecule has 0 aromatic heterocycles. The number of aliphatic hydroxyl groups excluding tert-OH is 1. The van der Waals surface area contributed by atoms with Crippen molar-refractivity contribution >= 4 is 5.91 Å². The van der Waals surface area contributed by atoms with Crippen molar-refractivity contribution in [3.63, 3.8) is 0 Å². The lowest BCUT2D eigenvalue weighted by atomic mass is 9.95. The molecule has 0 aliphatic carbocycles. The molecule has 0 saturated carbocycles. The number of hydrogen-bond acceptors (Lipinski definition) is 2. The predicted octanol–water partition coefficient (Wildman–Crippen LogP) is 1.85. The van der Waals surface area contributed by atoms with Gasteiger partial charge in [-0.05, 0) is 12.1 Å². The Morgan fingerprint density at radius 1 is 1.28 bits per heavy atom. The molecule has 0 saturated heterocycles. The van der Waals surface area contributed by atoms with Crippen LogP contribution in [-0.4, -0.2) is 24.2 Å². The van der Waals surface area contributed by atoms with Crippen molar-refractivity contribution in [1.29, 1.82) is 0 Å². The van der Waals surface area contributed by atoms with Crippen LogP contribution in [0.15, 0.2) is 12.1 Å². The van der Waals surface area contributed by atoms with Crippen LogP contribution in [0, 0.1) is 22.9 Å². The number of carbonyl (C=O) groups excluding carboxylic acids is 1. The molecule has 0 radical (unpaired) electrons. The van der Waals surface area contributed by atoms with Crippen LogP contribution in [-0.2, 0) is 0 Å². The summed E-state index contributed by atoms with van der Waals surface area (Å²) < 4.78 is 38.9. The number of benzene rings is 1. The summed E-state index contributed by atoms with van der Waals surface area (Å²) in [6.07, 6.45) is 0. The fourth-order valence-electron chi connectivity index (χ4n) is 1.17. The molecule has 1 aromatic carbocycles. The summed E-state index contributed by atoms with van der Waals surface area (Å²) in [5, 5.41) is 11.3. The van der Waals surface area contributed by atoms with E-state index in [0.29, 0.717) is 6.07 Å². The van der Waals surface area contributed by atoms with Crippen LogP contribution in [0.2, 0.25) is 0 Å². The quantitative estimate of drug-likeness (QED) is 0.813. The van der Waals surface area contributed by atoms with Gasteiger partial charge in [0.25, 0.3) is 5.91 Å². The van der Waals surface area contributed by atoms with E-state index in [2.05, 4.69) is 5.32 Å². The maximum Gasteiger partial charge on any atom is 0.254 e. The van der Waals surface area contributed by atoms with E-state index in [4.69, 9.17) is 5.11 Å². The number of aliphatic hydroxyl groups is 1. The van der Waals surface area contributed by atoms with Gasteiger partial charge in [0.2, 0.25) is 0 Å². The maximum atomic E-state index is 13.3. The zero-order chi connectivity index (χ0) is 13.9. The van der Waals surface area contributed by atoms with E-state index in [1.54, 1.807) is 13.8 Å². The number of amides is 1. The summed E-state index contributed by atoms with van der Waals surface area (Å²) in [5.74, 6) is -5.40. The molecule has 0 unspecified atom stereocenters. The summed E-state index contributed by atoms with van der Waals surface area (Å²) in [7, 11) is 0. The second-order valence-corrected chi connectivity index (χ2v) is 4.73. The van der Waals surface area contributed by atoms with Crippen LogP contribution >= 0.6 is 0 Å². The van der Waals surface area contributed by atoms with Gasteiger partial charge in [-0.3, -0.25) is 4.79 Å². The fraction of sp³-hybridized carbons (Fsp3) is 0.417. The van der Waals surface area contributed by atoms with Gasteiger partial charge < -0.3 is 10.4 Å². The Bertz CT molecular complexity index is 461. The van der Waals surface area contributed by atoms with E-state index in [1.807, 2.05) is 0 Å². The average Bonchev–Trinajstić information content (AvgIpc) is 2.33. The van der Waals surface area contributed by atoms with Crippen LogP contribution in [0.25, 0.3) is 0 Å². The van der Waals surface area contributed by atoms with Gasteiger partial charge in [-0.15, -0.1) is 0 Å². The molecule has 2 N–H and O–H groups in total. The van der Waals surface area contributed by atoms with E-state index in [0.717, 1.165) is 6.07 Å². The third-order valence-corrected chi connectivity index (χ3v) is 2.44. The monoisotopic (exact) mass is 261 g/mol. The Morgan fingerprint density at radius 3 is 2.44 bits per heavy atom. The molecular weight excluding hydrogens is 247 g/mol. The second-order valence-electron chi connectivity index (χ2n) is 4.73. The topological polar surface area (TPSA) is 49.3 Å². The largest absolute Gasteiger partial charge is 0.396 e. The van der Waals surface area contributed by atoms with Crippen molar-refractivity contribution in [3.05, 3.63) is 35.1 Å². The first kappa shape index (κ1) is 14.5. The minimum absolute atomic E-state index is 0.0841.